The van der Waals surface area contributed by atoms with Crippen molar-refractivity contribution in [2.45, 2.75) is 13.0 Å². The molecule has 3 aromatic carbocycles. The first-order valence-corrected chi connectivity index (χ1v) is 9.95. The summed E-state index contributed by atoms with van der Waals surface area (Å²) in [4.78, 5) is 12.0. The molecule has 0 fully saturated rings. The van der Waals surface area contributed by atoms with Gasteiger partial charge >= 0.3 is 0 Å². The van der Waals surface area contributed by atoms with Crippen molar-refractivity contribution in [2.24, 2.45) is 5.10 Å². The van der Waals surface area contributed by atoms with Gasteiger partial charge in [-0.2, -0.15) is 5.10 Å². The fourth-order valence-corrected chi connectivity index (χ4v) is 3.26. The Morgan fingerprint density at radius 1 is 1.10 bits per heavy atom. The van der Waals surface area contributed by atoms with Crippen LogP contribution in [0.15, 0.2) is 76.3 Å². The molecule has 0 atom stereocenters. The van der Waals surface area contributed by atoms with Gasteiger partial charge in [0.1, 0.15) is 12.4 Å². The molecule has 0 saturated carbocycles. The minimum atomic E-state index is -0.340. The summed E-state index contributed by atoms with van der Waals surface area (Å²) < 4.78 is 25.0. The molecule has 154 valence electrons. The van der Waals surface area contributed by atoms with Gasteiger partial charge in [0.25, 0.3) is 0 Å². The van der Waals surface area contributed by atoms with Crippen molar-refractivity contribution >= 4 is 28.1 Å². The third-order valence-corrected chi connectivity index (χ3v) is 4.75. The molecule has 3 aromatic rings. The highest BCUT2D eigenvalue weighted by Crippen LogP contribution is 2.36. The number of amides is 1. The lowest BCUT2D eigenvalue weighted by atomic mass is 10.1. The molecule has 30 heavy (non-hydrogen) atoms. The number of halogens is 2. The van der Waals surface area contributed by atoms with Gasteiger partial charge in [-0.1, -0.05) is 42.5 Å². The third kappa shape index (κ3) is 6.15. The zero-order valence-electron chi connectivity index (χ0n) is 16.3. The Hall–Kier alpha value is -3.19. The molecule has 0 aliphatic heterocycles. The van der Waals surface area contributed by atoms with E-state index >= 15 is 0 Å². The molecule has 0 spiro atoms. The molecule has 0 heterocycles. The molecule has 0 aromatic heterocycles. The van der Waals surface area contributed by atoms with Crippen LogP contribution >= 0.6 is 15.9 Å². The highest BCUT2D eigenvalue weighted by atomic mass is 79.9. The molecule has 3 rings (SSSR count). The fourth-order valence-electron chi connectivity index (χ4n) is 2.69. The predicted octanol–water partition coefficient (Wildman–Crippen LogP) is 4.87. The Balaban J connectivity index is 1.62. The minimum Gasteiger partial charge on any atom is -0.493 e. The van der Waals surface area contributed by atoms with Gasteiger partial charge in [-0.05, 0) is 56.9 Å². The number of hydrazone groups is 1. The average Bonchev–Trinajstić information content (AvgIpc) is 2.75. The molecule has 1 N–H and O–H groups in total. The number of nitrogens with one attached hydrogen (secondary N) is 1. The van der Waals surface area contributed by atoms with Crippen molar-refractivity contribution in [1.29, 1.82) is 0 Å². The Morgan fingerprint density at radius 3 is 2.53 bits per heavy atom. The van der Waals surface area contributed by atoms with E-state index in [0.29, 0.717) is 33.7 Å². The van der Waals surface area contributed by atoms with Crippen molar-refractivity contribution in [3.63, 3.8) is 0 Å². The lowest BCUT2D eigenvalue weighted by Crippen LogP contribution is -2.19. The second-order valence-electron chi connectivity index (χ2n) is 6.40. The standard InChI is InChI=1S/C23H20BrFN2O3/c1-29-21-12-18(11-20(24)23(21)30-15-17-5-3-2-4-6-17)14-26-27-22(28)13-16-7-9-19(25)10-8-16/h2-12,14H,13,15H2,1H3,(H,27,28)/b26-14+. The zero-order chi connectivity index (χ0) is 21.3. The molecule has 0 aliphatic rings. The van der Waals surface area contributed by atoms with Gasteiger partial charge in [-0.25, -0.2) is 9.82 Å². The summed E-state index contributed by atoms with van der Waals surface area (Å²) in [7, 11) is 1.56. The van der Waals surface area contributed by atoms with E-state index in [1.54, 1.807) is 25.3 Å². The third-order valence-electron chi connectivity index (χ3n) is 4.16. The number of hydrogen-bond donors (Lipinski definition) is 1. The topological polar surface area (TPSA) is 59.9 Å². The van der Waals surface area contributed by atoms with Crippen molar-refractivity contribution < 1.29 is 18.7 Å². The molecule has 1 amide bonds. The number of hydrogen-bond acceptors (Lipinski definition) is 4. The van der Waals surface area contributed by atoms with E-state index < -0.39 is 0 Å². The first-order valence-electron chi connectivity index (χ1n) is 9.16. The summed E-state index contributed by atoms with van der Waals surface area (Å²) >= 11 is 3.50. The van der Waals surface area contributed by atoms with E-state index in [9.17, 15) is 9.18 Å². The van der Waals surface area contributed by atoms with Gasteiger partial charge in [0.15, 0.2) is 11.5 Å². The Labute approximate surface area is 182 Å². The van der Waals surface area contributed by atoms with E-state index in [2.05, 4.69) is 26.5 Å². The maximum atomic E-state index is 12.9. The van der Waals surface area contributed by atoms with E-state index in [1.807, 2.05) is 36.4 Å². The number of nitrogens with zero attached hydrogens (tertiary/aromatic N) is 1. The molecular weight excluding hydrogens is 451 g/mol. The summed E-state index contributed by atoms with van der Waals surface area (Å²) in [5.74, 6) is 0.484. The summed E-state index contributed by atoms with van der Waals surface area (Å²) in [6.07, 6.45) is 1.62. The van der Waals surface area contributed by atoms with E-state index in [0.717, 1.165) is 5.56 Å². The number of rotatable bonds is 8. The number of ether oxygens (including phenoxy) is 2. The number of methoxy groups -OCH3 is 1. The van der Waals surface area contributed by atoms with Crippen LogP contribution < -0.4 is 14.9 Å². The van der Waals surface area contributed by atoms with E-state index in [-0.39, 0.29) is 18.1 Å². The van der Waals surface area contributed by atoms with Gasteiger partial charge in [0.05, 0.1) is 24.2 Å². The highest BCUT2D eigenvalue weighted by Gasteiger charge is 2.11. The Bertz CT molecular complexity index is 1020. The van der Waals surface area contributed by atoms with Crippen molar-refractivity contribution in [3.05, 3.63) is 93.7 Å². The second-order valence-corrected chi connectivity index (χ2v) is 7.26. The lowest BCUT2D eigenvalue weighted by molar-refractivity contribution is -0.120. The fraction of sp³-hybridized carbons (Fsp3) is 0.130. The molecule has 5 nitrogen and oxygen atoms in total. The van der Waals surface area contributed by atoms with Crippen LogP contribution in [0, 0.1) is 5.82 Å². The molecule has 0 radical (unpaired) electrons. The molecule has 0 unspecified atom stereocenters. The van der Waals surface area contributed by atoms with Crippen molar-refractivity contribution in [3.8, 4) is 11.5 Å². The van der Waals surface area contributed by atoms with Gasteiger partial charge in [0, 0.05) is 0 Å². The number of carbonyl (C=O) groups excluding carboxylic acids is 1. The van der Waals surface area contributed by atoms with Crippen LogP contribution in [0.25, 0.3) is 0 Å². The van der Waals surface area contributed by atoms with Crippen LogP contribution in [0.5, 0.6) is 11.5 Å². The van der Waals surface area contributed by atoms with Crippen LogP contribution in [0.2, 0.25) is 0 Å². The van der Waals surface area contributed by atoms with Crippen molar-refractivity contribution in [2.75, 3.05) is 7.11 Å². The maximum absolute atomic E-state index is 12.9. The SMILES string of the molecule is COc1cc(/C=N/NC(=O)Cc2ccc(F)cc2)cc(Br)c1OCc1ccccc1. The average molecular weight is 471 g/mol. The lowest BCUT2D eigenvalue weighted by Gasteiger charge is -2.13. The second kappa shape index (κ2) is 10.5. The van der Waals surface area contributed by atoms with Gasteiger partial charge < -0.3 is 9.47 Å². The smallest absolute Gasteiger partial charge is 0.244 e. The summed E-state index contributed by atoms with van der Waals surface area (Å²) in [5, 5.41) is 3.98. The predicted molar refractivity (Wildman–Crippen MR) is 117 cm³/mol. The maximum Gasteiger partial charge on any atom is 0.244 e. The largest absolute Gasteiger partial charge is 0.493 e. The molecule has 0 aliphatic carbocycles. The van der Waals surface area contributed by atoms with Crippen LogP contribution in [0.1, 0.15) is 16.7 Å². The normalized spacial score (nSPS) is 10.8. The summed E-state index contributed by atoms with van der Waals surface area (Å²) in [6.45, 7) is 0.405. The minimum absolute atomic E-state index is 0.108. The zero-order valence-corrected chi connectivity index (χ0v) is 17.9. The van der Waals surface area contributed by atoms with Crippen molar-refractivity contribution in [1.82, 2.24) is 5.43 Å². The molecular formula is C23H20BrFN2O3. The summed E-state index contributed by atoms with van der Waals surface area (Å²) in [5.41, 5.74) is 4.92. The first-order chi connectivity index (χ1) is 14.5. The van der Waals surface area contributed by atoms with Crippen LogP contribution in [0.3, 0.4) is 0 Å². The number of carbonyl (C=O) groups is 1. The van der Waals surface area contributed by atoms with E-state index in [4.69, 9.17) is 9.47 Å². The van der Waals surface area contributed by atoms with Crippen LogP contribution in [-0.4, -0.2) is 19.2 Å². The number of benzene rings is 3. The van der Waals surface area contributed by atoms with E-state index in [1.165, 1.54) is 18.3 Å². The van der Waals surface area contributed by atoms with Gasteiger partial charge in [-0.15, -0.1) is 0 Å². The first kappa shape index (κ1) is 21.5. The van der Waals surface area contributed by atoms with Crippen LogP contribution in [-0.2, 0) is 17.8 Å². The Kier molecular flexibility index (Phi) is 7.57. The molecule has 0 bridgehead atoms. The molecule has 0 saturated heterocycles. The monoisotopic (exact) mass is 470 g/mol. The summed E-state index contributed by atoms with van der Waals surface area (Å²) in [6, 6.07) is 19.2. The quantitative estimate of drug-likeness (QED) is 0.377. The molecule has 7 heteroatoms. The van der Waals surface area contributed by atoms with Gasteiger partial charge in [-0.3, -0.25) is 4.79 Å². The highest BCUT2D eigenvalue weighted by molar-refractivity contribution is 9.10. The Morgan fingerprint density at radius 2 is 1.83 bits per heavy atom. The van der Waals surface area contributed by atoms with Crippen LogP contribution in [0.4, 0.5) is 4.39 Å². The van der Waals surface area contributed by atoms with Gasteiger partial charge in [0.2, 0.25) is 5.91 Å².